The molecular formula is C24H24ClN3O2. The molecule has 0 aliphatic heterocycles. The monoisotopic (exact) mass is 421 g/mol. The van der Waals surface area contributed by atoms with Gasteiger partial charge in [0.2, 0.25) is 5.95 Å². The molecule has 2 aromatic carbocycles. The van der Waals surface area contributed by atoms with Crippen LogP contribution in [-0.4, -0.2) is 9.55 Å². The summed E-state index contributed by atoms with van der Waals surface area (Å²) in [6, 6.07) is 13.4. The first-order chi connectivity index (χ1) is 14.5. The fourth-order valence-electron chi connectivity index (χ4n) is 3.61. The lowest BCUT2D eigenvalue weighted by Crippen LogP contribution is -2.27. The fourth-order valence-corrected chi connectivity index (χ4v) is 3.74. The number of hydrogen-bond acceptors (Lipinski definition) is 4. The number of nitrogens with one attached hydrogen (secondary N) is 1. The van der Waals surface area contributed by atoms with Gasteiger partial charge < -0.3 is 9.73 Å². The molecule has 0 saturated heterocycles. The van der Waals surface area contributed by atoms with Crippen LogP contribution in [0.15, 0.2) is 57.9 Å². The largest absolute Gasteiger partial charge is 0.461 e. The molecule has 30 heavy (non-hydrogen) atoms. The van der Waals surface area contributed by atoms with Gasteiger partial charge in [-0.05, 0) is 54.8 Å². The highest BCUT2D eigenvalue weighted by Gasteiger charge is 2.13. The van der Waals surface area contributed by atoms with Gasteiger partial charge in [-0.3, -0.25) is 9.36 Å². The Kier molecular flexibility index (Phi) is 5.64. The van der Waals surface area contributed by atoms with E-state index in [0.717, 1.165) is 40.0 Å². The third kappa shape index (κ3) is 3.85. The minimum Gasteiger partial charge on any atom is -0.461 e. The van der Waals surface area contributed by atoms with E-state index >= 15 is 0 Å². The normalized spacial score (nSPS) is 11.2. The number of fused-ring (bicyclic) bond motifs is 1. The van der Waals surface area contributed by atoms with Crippen molar-refractivity contribution in [1.82, 2.24) is 9.55 Å². The number of furan rings is 1. The first-order valence-electron chi connectivity index (χ1n) is 10.1. The van der Waals surface area contributed by atoms with Gasteiger partial charge >= 0.3 is 0 Å². The Bertz CT molecular complexity index is 1260. The molecule has 6 heteroatoms. The zero-order valence-corrected chi connectivity index (χ0v) is 18.1. The molecule has 0 radical (unpaired) electrons. The SMILES string of the molecule is CCc1oc2ccc(Nc3ncc(CC)c(=O)n3Cc3ccc(Cl)cc3)cc2c1C. The summed E-state index contributed by atoms with van der Waals surface area (Å²) < 4.78 is 7.58. The topological polar surface area (TPSA) is 60.1 Å². The van der Waals surface area contributed by atoms with Gasteiger partial charge in [0.25, 0.3) is 5.56 Å². The second kappa shape index (κ2) is 8.36. The second-order valence-corrected chi connectivity index (χ2v) is 7.75. The standard InChI is InChI=1S/C24H24ClN3O2/c1-4-17-13-26-24(28(23(17)29)14-16-6-8-18(25)9-7-16)27-19-10-11-22-20(12-19)15(3)21(5-2)30-22/h6-13H,4-5,14H2,1-3H3,(H,26,27). The molecule has 0 saturated carbocycles. The maximum absolute atomic E-state index is 13.0. The molecule has 0 unspecified atom stereocenters. The van der Waals surface area contributed by atoms with Gasteiger partial charge in [0, 0.05) is 34.3 Å². The molecule has 0 bridgehead atoms. The third-order valence-electron chi connectivity index (χ3n) is 5.37. The summed E-state index contributed by atoms with van der Waals surface area (Å²) in [6.07, 6.45) is 3.14. The van der Waals surface area contributed by atoms with Crippen molar-refractivity contribution in [2.45, 2.75) is 40.2 Å². The minimum atomic E-state index is -0.0428. The van der Waals surface area contributed by atoms with E-state index in [2.05, 4.69) is 24.1 Å². The van der Waals surface area contributed by atoms with Crippen molar-refractivity contribution < 1.29 is 4.42 Å². The van der Waals surface area contributed by atoms with Crippen molar-refractivity contribution >= 4 is 34.2 Å². The number of hydrogen-bond donors (Lipinski definition) is 1. The van der Waals surface area contributed by atoms with Crippen LogP contribution in [0.5, 0.6) is 0 Å². The van der Waals surface area contributed by atoms with Crippen molar-refractivity contribution in [3.63, 3.8) is 0 Å². The van der Waals surface area contributed by atoms with E-state index < -0.39 is 0 Å². The van der Waals surface area contributed by atoms with Crippen molar-refractivity contribution in [3.05, 3.63) is 86.5 Å². The van der Waals surface area contributed by atoms with Gasteiger partial charge in [0.1, 0.15) is 11.3 Å². The number of anilines is 2. The molecule has 2 heterocycles. The smallest absolute Gasteiger partial charge is 0.258 e. The molecule has 1 N–H and O–H groups in total. The average molecular weight is 422 g/mol. The lowest BCUT2D eigenvalue weighted by Gasteiger charge is -2.15. The minimum absolute atomic E-state index is 0.0428. The Labute approximate surface area is 180 Å². The zero-order valence-electron chi connectivity index (χ0n) is 17.3. The molecule has 4 aromatic rings. The first-order valence-corrected chi connectivity index (χ1v) is 10.5. The molecule has 0 spiro atoms. The van der Waals surface area contributed by atoms with Gasteiger partial charge in [-0.25, -0.2) is 4.98 Å². The quantitative estimate of drug-likeness (QED) is 0.423. The van der Waals surface area contributed by atoms with Crippen molar-refractivity contribution in [3.8, 4) is 0 Å². The van der Waals surface area contributed by atoms with Crippen LogP contribution in [0.25, 0.3) is 11.0 Å². The number of halogens is 1. The van der Waals surface area contributed by atoms with E-state index in [-0.39, 0.29) is 5.56 Å². The van der Waals surface area contributed by atoms with Crippen molar-refractivity contribution in [1.29, 1.82) is 0 Å². The van der Waals surface area contributed by atoms with Crippen molar-refractivity contribution in [2.24, 2.45) is 0 Å². The van der Waals surface area contributed by atoms with E-state index in [4.69, 9.17) is 16.0 Å². The van der Waals surface area contributed by atoms with E-state index in [1.807, 2.05) is 49.4 Å². The van der Waals surface area contributed by atoms with Crippen LogP contribution >= 0.6 is 11.6 Å². The van der Waals surface area contributed by atoms with Gasteiger partial charge in [0.05, 0.1) is 6.54 Å². The molecule has 0 amide bonds. The Morgan fingerprint density at radius 1 is 1.10 bits per heavy atom. The molecular weight excluding hydrogens is 398 g/mol. The Hall–Kier alpha value is -3.05. The summed E-state index contributed by atoms with van der Waals surface area (Å²) in [4.78, 5) is 17.6. The van der Waals surface area contributed by atoms with Gasteiger partial charge in [0.15, 0.2) is 0 Å². The lowest BCUT2D eigenvalue weighted by atomic mass is 10.1. The van der Waals surface area contributed by atoms with Crippen LogP contribution in [0.2, 0.25) is 5.02 Å². The summed E-state index contributed by atoms with van der Waals surface area (Å²) in [5.41, 5.74) is 4.48. The molecule has 154 valence electrons. The van der Waals surface area contributed by atoms with Gasteiger partial charge in [-0.2, -0.15) is 0 Å². The molecule has 0 aliphatic rings. The Morgan fingerprint density at radius 2 is 1.87 bits per heavy atom. The summed E-state index contributed by atoms with van der Waals surface area (Å²) in [5.74, 6) is 1.50. The number of nitrogens with zero attached hydrogens (tertiary/aromatic N) is 2. The molecule has 4 rings (SSSR count). The molecule has 0 atom stereocenters. The molecule has 2 aromatic heterocycles. The van der Waals surface area contributed by atoms with E-state index in [9.17, 15) is 4.79 Å². The van der Waals surface area contributed by atoms with Crippen LogP contribution in [0, 0.1) is 6.92 Å². The zero-order chi connectivity index (χ0) is 21.3. The fraction of sp³-hybridized carbons (Fsp3) is 0.250. The van der Waals surface area contributed by atoms with Gasteiger partial charge in [-0.1, -0.05) is 37.6 Å². The highest BCUT2D eigenvalue weighted by atomic mass is 35.5. The maximum Gasteiger partial charge on any atom is 0.258 e. The number of aromatic nitrogens is 2. The number of benzene rings is 2. The van der Waals surface area contributed by atoms with E-state index in [1.165, 1.54) is 0 Å². The highest BCUT2D eigenvalue weighted by molar-refractivity contribution is 6.30. The summed E-state index contributed by atoms with van der Waals surface area (Å²) in [6.45, 7) is 6.52. The summed E-state index contributed by atoms with van der Waals surface area (Å²) in [7, 11) is 0. The van der Waals surface area contributed by atoms with Crippen LogP contribution < -0.4 is 10.9 Å². The summed E-state index contributed by atoms with van der Waals surface area (Å²) in [5, 5.41) is 5.06. The van der Waals surface area contributed by atoms with Crippen LogP contribution in [-0.2, 0) is 19.4 Å². The lowest BCUT2D eigenvalue weighted by molar-refractivity contribution is 0.553. The Balaban J connectivity index is 1.74. The average Bonchev–Trinajstić information content (AvgIpc) is 3.07. The summed E-state index contributed by atoms with van der Waals surface area (Å²) >= 11 is 6.00. The predicted octanol–water partition coefficient (Wildman–Crippen LogP) is 5.87. The first kappa shape index (κ1) is 20.2. The van der Waals surface area contributed by atoms with Crippen LogP contribution in [0.3, 0.4) is 0 Å². The van der Waals surface area contributed by atoms with E-state index in [1.54, 1.807) is 10.8 Å². The molecule has 0 aliphatic carbocycles. The third-order valence-corrected chi connectivity index (χ3v) is 5.62. The molecule has 5 nitrogen and oxygen atoms in total. The molecule has 0 fully saturated rings. The van der Waals surface area contributed by atoms with E-state index in [0.29, 0.717) is 29.5 Å². The number of aryl methyl sites for hydroxylation is 3. The maximum atomic E-state index is 13.0. The van der Waals surface area contributed by atoms with Crippen LogP contribution in [0.4, 0.5) is 11.6 Å². The number of rotatable bonds is 6. The van der Waals surface area contributed by atoms with Gasteiger partial charge in [-0.15, -0.1) is 0 Å². The predicted molar refractivity (Wildman–Crippen MR) is 122 cm³/mol. The highest BCUT2D eigenvalue weighted by Crippen LogP contribution is 2.29. The second-order valence-electron chi connectivity index (χ2n) is 7.32. The Morgan fingerprint density at radius 3 is 2.57 bits per heavy atom. The van der Waals surface area contributed by atoms with Crippen LogP contribution in [0.1, 0.15) is 36.3 Å². The van der Waals surface area contributed by atoms with Crippen molar-refractivity contribution in [2.75, 3.05) is 5.32 Å².